The first kappa shape index (κ1) is 17.7. The van der Waals surface area contributed by atoms with Crippen LogP contribution in [-0.2, 0) is 13.0 Å². The largest absolute Gasteiger partial charge is 0.397 e. The van der Waals surface area contributed by atoms with Crippen LogP contribution in [0.5, 0.6) is 0 Å². The second kappa shape index (κ2) is 8.86. The smallest absolute Gasteiger partial charge is 0.0600 e. The Morgan fingerprint density at radius 2 is 1.88 bits per heavy atom. The van der Waals surface area contributed by atoms with Crippen molar-refractivity contribution in [3.8, 4) is 0 Å². The molecule has 0 radical (unpaired) electrons. The van der Waals surface area contributed by atoms with Crippen molar-refractivity contribution in [1.29, 1.82) is 0 Å². The molecule has 4 nitrogen and oxygen atoms in total. The molecular weight excluding hydrogens is 308 g/mol. The first-order chi connectivity index (χ1) is 12.2. The van der Waals surface area contributed by atoms with E-state index >= 15 is 0 Å². The summed E-state index contributed by atoms with van der Waals surface area (Å²) in [6.07, 6.45) is 8.39. The van der Waals surface area contributed by atoms with Crippen molar-refractivity contribution in [3.63, 3.8) is 0 Å². The highest BCUT2D eigenvalue weighted by atomic mass is 15.1. The third-order valence-corrected chi connectivity index (χ3v) is 5.11. The van der Waals surface area contributed by atoms with Crippen LogP contribution in [0, 0.1) is 5.92 Å². The van der Waals surface area contributed by atoms with Crippen LogP contribution in [0.3, 0.4) is 0 Å². The van der Waals surface area contributed by atoms with Crippen LogP contribution in [0.25, 0.3) is 0 Å². The van der Waals surface area contributed by atoms with E-state index < -0.39 is 0 Å². The molecule has 4 heteroatoms. The van der Waals surface area contributed by atoms with Crippen LogP contribution in [0.2, 0.25) is 0 Å². The van der Waals surface area contributed by atoms with Gasteiger partial charge in [-0.05, 0) is 73.5 Å². The van der Waals surface area contributed by atoms with Crippen LogP contribution in [0.4, 0.5) is 11.4 Å². The lowest BCUT2D eigenvalue weighted by atomic mass is 9.98. The molecule has 2 heterocycles. The summed E-state index contributed by atoms with van der Waals surface area (Å²) >= 11 is 0. The van der Waals surface area contributed by atoms with E-state index in [1.807, 2.05) is 24.5 Å². The van der Waals surface area contributed by atoms with E-state index in [-0.39, 0.29) is 0 Å². The van der Waals surface area contributed by atoms with Gasteiger partial charge in [-0.2, -0.15) is 0 Å². The van der Waals surface area contributed by atoms with Gasteiger partial charge >= 0.3 is 0 Å². The zero-order valence-corrected chi connectivity index (χ0v) is 15.2. The number of piperidine rings is 1. The third kappa shape index (κ3) is 5.20. The van der Waals surface area contributed by atoms with E-state index in [0.717, 1.165) is 50.6 Å². The molecule has 1 aliphatic heterocycles. The molecule has 0 saturated carbocycles. The van der Waals surface area contributed by atoms with Gasteiger partial charge in [0.05, 0.1) is 11.4 Å². The molecule has 1 aromatic carbocycles. The highest BCUT2D eigenvalue weighted by molar-refractivity contribution is 5.68. The summed E-state index contributed by atoms with van der Waals surface area (Å²) in [5.41, 5.74) is 11.1. The number of nitrogens with two attached hydrogens (primary N) is 1. The van der Waals surface area contributed by atoms with Crippen molar-refractivity contribution in [2.24, 2.45) is 5.92 Å². The number of rotatable bonds is 7. The highest BCUT2D eigenvalue weighted by Gasteiger charge is 2.17. The molecule has 3 rings (SSSR count). The summed E-state index contributed by atoms with van der Waals surface area (Å²) in [5, 5.41) is 3.49. The summed E-state index contributed by atoms with van der Waals surface area (Å²) in [6.45, 7) is 6.50. The average Bonchev–Trinajstić information content (AvgIpc) is 2.63. The molecule has 1 aliphatic rings. The SMILES string of the molecule is CC1CCN(c2ccc(CCCNCc3ccncc3)cc2N)CC1. The maximum absolute atomic E-state index is 6.33. The van der Waals surface area contributed by atoms with Crippen molar-refractivity contribution < 1.29 is 0 Å². The average molecular weight is 338 g/mol. The number of anilines is 2. The van der Waals surface area contributed by atoms with Crippen LogP contribution in [0.1, 0.15) is 37.3 Å². The summed E-state index contributed by atoms with van der Waals surface area (Å²) in [7, 11) is 0. The Bertz CT molecular complexity index is 648. The molecular formula is C21H30N4. The fourth-order valence-electron chi connectivity index (χ4n) is 3.45. The number of aryl methyl sites for hydroxylation is 1. The molecule has 2 aromatic rings. The standard InChI is InChI=1S/C21H30N4/c1-17-8-13-25(14-9-17)21-5-4-18(15-20(21)22)3-2-10-24-16-19-6-11-23-12-7-19/h4-7,11-12,15,17,24H,2-3,8-10,13-14,16,22H2,1H3. The van der Waals surface area contributed by atoms with Gasteiger partial charge in [0.1, 0.15) is 0 Å². The Morgan fingerprint density at radius 1 is 1.12 bits per heavy atom. The van der Waals surface area contributed by atoms with Crippen molar-refractivity contribution >= 4 is 11.4 Å². The molecule has 134 valence electrons. The minimum absolute atomic E-state index is 0.844. The van der Waals surface area contributed by atoms with Crippen molar-refractivity contribution in [2.75, 3.05) is 30.3 Å². The quantitative estimate of drug-likeness (QED) is 0.598. The topological polar surface area (TPSA) is 54.2 Å². The molecule has 0 spiro atoms. The van der Waals surface area contributed by atoms with Crippen LogP contribution >= 0.6 is 0 Å². The number of nitrogens with one attached hydrogen (secondary N) is 1. The Labute approximate surface area is 151 Å². The third-order valence-electron chi connectivity index (χ3n) is 5.11. The van der Waals surface area contributed by atoms with Crippen molar-refractivity contribution in [1.82, 2.24) is 10.3 Å². The number of pyridine rings is 1. The Hall–Kier alpha value is -2.07. The van der Waals surface area contributed by atoms with Crippen molar-refractivity contribution in [3.05, 3.63) is 53.9 Å². The predicted molar refractivity (Wildman–Crippen MR) is 106 cm³/mol. The van der Waals surface area contributed by atoms with Crippen LogP contribution in [0.15, 0.2) is 42.7 Å². The predicted octanol–water partition coefficient (Wildman–Crippen LogP) is 3.62. The number of hydrogen-bond acceptors (Lipinski definition) is 4. The lowest BCUT2D eigenvalue weighted by Crippen LogP contribution is -2.33. The number of aromatic nitrogens is 1. The number of nitrogens with zero attached hydrogens (tertiary/aromatic N) is 2. The maximum Gasteiger partial charge on any atom is 0.0600 e. The fourth-order valence-corrected chi connectivity index (χ4v) is 3.45. The monoisotopic (exact) mass is 338 g/mol. The first-order valence-corrected chi connectivity index (χ1v) is 9.45. The van der Waals surface area contributed by atoms with Gasteiger partial charge in [-0.15, -0.1) is 0 Å². The summed E-state index contributed by atoms with van der Waals surface area (Å²) < 4.78 is 0. The molecule has 25 heavy (non-hydrogen) atoms. The van der Waals surface area contributed by atoms with E-state index in [1.165, 1.54) is 29.7 Å². The van der Waals surface area contributed by atoms with Crippen LogP contribution < -0.4 is 16.0 Å². The molecule has 0 amide bonds. The first-order valence-electron chi connectivity index (χ1n) is 9.45. The molecule has 0 atom stereocenters. The molecule has 0 aliphatic carbocycles. The van der Waals surface area contributed by atoms with Gasteiger partial charge in [0.15, 0.2) is 0 Å². The number of hydrogen-bond donors (Lipinski definition) is 2. The number of benzene rings is 1. The molecule has 1 fully saturated rings. The van der Waals surface area contributed by atoms with Gasteiger partial charge in [-0.3, -0.25) is 4.98 Å². The minimum atomic E-state index is 0.844. The van der Waals surface area contributed by atoms with Crippen molar-refractivity contribution in [2.45, 2.75) is 39.2 Å². The van der Waals surface area contributed by atoms with Gasteiger partial charge in [-0.1, -0.05) is 13.0 Å². The molecule has 1 saturated heterocycles. The van der Waals surface area contributed by atoms with E-state index in [1.54, 1.807) is 0 Å². The van der Waals surface area contributed by atoms with Crippen LogP contribution in [-0.4, -0.2) is 24.6 Å². The minimum Gasteiger partial charge on any atom is -0.397 e. The van der Waals surface area contributed by atoms with Gasteiger partial charge in [0.2, 0.25) is 0 Å². The summed E-state index contributed by atoms with van der Waals surface area (Å²) in [6, 6.07) is 10.7. The Morgan fingerprint density at radius 3 is 2.60 bits per heavy atom. The van der Waals surface area contributed by atoms with E-state index in [0.29, 0.717) is 0 Å². The zero-order valence-electron chi connectivity index (χ0n) is 15.2. The Balaban J connectivity index is 1.43. The summed E-state index contributed by atoms with van der Waals surface area (Å²) in [4.78, 5) is 6.48. The Kier molecular flexibility index (Phi) is 6.29. The van der Waals surface area contributed by atoms with Gasteiger partial charge < -0.3 is 16.0 Å². The zero-order chi connectivity index (χ0) is 17.5. The lowest BCUT2D eigenvalue weighted by molar-refractivity contribution is 0.438. The van der Waals surface area contributed by atoms with E-state index in [9.17, 15) is 0 Å². The molecule has 0 bridgehead atoms. The lowest BCUT2D eigenvalue weighted by Gasteiger charge is -2.33. The highest BCUT2D eigenvalue weighted by Crippen LogP contribution is 2.29. The molecule has 0 unspecified atom stereocenters. The second-order valence-electron chi connectivity index (χ2n) is 7.20. The fraction of sp³-hybridized carbons (Fsp3) is 0.476. The van der Waals surface area contributed by atoms with Gasteiger partial charge in [0, 0.05) is 32.0 Å². The second-order valence-corrected chi connectivity index (χ2v) is 7.20. The van der Waals surface area contributed by atoms with E-state index in [2.05, 4.69) is 40.3 Å². The van der Waals surface area contributed by atoms with E-state index in [4.69, 9.17) is 5.73 Å². The van der Waals surface area contributed by atoms with Gasteiger partial charge in [-0.25, -0.2) is 0 Å². The molecule has 3 N–H and O–H groups in total. The summed E-state index contributed by atoms with van der Waals surface area (Å²) in [5.74, 6) is 0.844. The maximum atomic E-state index is 6.33. The number of nitrogen functional groups attached to an aromatic ring is 1. The normalized spacial score (nSPS) is 15.5. The molecule has 1 aromatic heterocycles. The van der Waals surface area contributed by atoms with Gasteiger partial charge in [0.25, 0.3) is 0 Å².